The first-order chi connectivity index (χ1) is 17.5. The molecule has 190 valence electrons. The Balaban J connectivity index is 1.33. The summed E-state index contributed by atoms with van der Waals surface area (Å²) in [4.78, 5) is 26.9. The fourth-order valence-electron chi connectivity index (χ4n) is 4.32. The number of hydrogen-bond donors (Lipinski definition) is 3. The number of carboxylic acid groups (broad SMARTS) is 1. The zero-order chi connectivity index (χ0) is 25.3. The van der Waals surface area contributed by atoms with Crippen molar-refractivity contribution in [1.29, 1.82) is 0 Å². The Kier molecular flexibility index (Phi) is 8.76. The van der Waals surface area contributed by atoms with E-state index in [0.717, 1.165) is 61.2 Å². The molecule has 1 fully saturated rings. The van der Waals surface area contributed by atoms with E-state index in [0.29, 0.717) is 17.9 Å². The molecule has 0 radical (unpaired) electrons. The molecule has 1 aliphatic rings. The van der Waals surface area contributed by atoms with E-state index in [1.165, 1.54) is 0 Å². The van der Waals surface area contributed by atoms with Crippen molar-refractivity contribution in [2.24, 2.45) is 0 Å². The first-order valence-corrected chi connectivity index (χ1v) is 12.3. The molecule has 0 aromatic heterocycles. The van der Waals surface area contributed by atoms with E-state index < -0.39 is 17.9 Å². The minimum Gasteiger partial charge on any atom is -0.497 e. The third kappa shape index (κ3) is 6.96. The van der Waals surface area contributed by atoms with Gasteiger partial charge in [0.15, 0.2) is 0 Å². The van der Waals surface area contributed by atoms with Crippen LogP contribution in [0.1, 0.15) is 22.3 Å². The van der Waals surface area contributed by atoms with Crippen LogP contribution < -0.4 is 20.1 Å². The van der Waals surface area contributed by atoms with Crippen molar-refractivity contribution in [1.82, 2.24) is 15.5 Å². The molecular weight excluding hydrogens is 458 g/mol. The van der Waals surface area contributed by atoms with Gasteiger partial charge in [0.1, 0.15) is 17.5 Å². The minimum atomic E-state index is -1.08. The zero-order valence-corrected chi connectivity index (χ0v) is 20.5. The summed E-state index contributed by atoms with van der Waals surface area (Å²) in [7, 11) is 1.54. The van der Waals surface area contributed by atoms with Crippen LogP contribution in [0, 0.1) is 0 Å². The SMILES string of the molecule is COc1ccc(C(=O)NC(Cc2ccc3cc(OCCCN4CCNCC4)ccc3c2)C(=O)O)cc1. The Morgan fingerprint density at radius 1 is 1.00 bits per heavy atom. The van der Waals surface area contributed by atoms with Crippen molar-refractivity contribution in [3.05, 3.63) is 71.8 Å². The molecular formula is C28H33N3O5. The number of nitrogens with zero attached hydrogens (tertiary/aromatic N) is 1. The molecule has 3 N–H and O–H groups in total. The number of nitrogens with one attached hydrogen (secondary N) is 2. The Morgan fingerprint density at radius 2 is 1.69 bits per heavy atom. The summed E-state index contributed by atoms with van der Waals surface area (Å²) in [6, 6.07) is 17.2. The molecule has 3 aromatic rings. The summed E-state index contributed by atoms with van der Waals surface area (Å²) in [5.74, 6) is -0.0712. The fourth-order valence-corrected chi connectivity index (χ4v) is 4.32. The highest BCUT2D eigenvalue weighted by Crippen LogP contribution is 2.23. The van der Waals surface area contributed by atoms with Crippen LogP contribution in [0.25, 0.3) is 10.8 Å². The summed E-state index contributed by atoms with van der Waals surface area (Å²) in [6.07, 6.45) is 1.16. The van der Waals surface area contributed by atoms with Gasteiger partial charge >= 0.3 is 5.97 Å². The van der Waals surface area contributed by atoms with E-state index in [9.17, 15) is 14.7 Å². The van der Waals surface area contributed by atoms with Crippen molar-refractivity contribution >= 4 is 22.6 Å². The Bertz CT molecular complexity index is 1180. The third-order valence-corrected chi connectivity index (χ3v) is 6.37. The predicted molar refractivity (Wildman–Crippen MR) is 139 cm³/mol. The quantitative estimate of drug-likeness (QED) is 0.355. The Hall–Kier alpha value is -3.62. The number of carboxylic acids is 1. The second-order valence-corrected chi connectivity index (χ2v) is 8.93. The van der Waals surface area contributed by atoms with Crippen molar-refractivity contribution in [3.63, 3.8) is 0 Å². The lowest BCUT2D eigenvalue weighted by atomic mass is 10.0. The molecule has 8 heteroatoms. The van der Waals surface area contributed by atoms with Crippen LogP contribution in [0.3, 0.4) is 0 Å². The summed E-state index contributed by atoms with van der Waals surface area (Å²) in [6.45, 7) is 5.99. The van der Waals surface area contributed by atoms with Gasteiger partial charge in [0.2, 0.25) is 0 Å². The number of ether oxygens (including phenoxy) is 2. The number of aliphatic carboxylic acids is 1. The Morgan fingerprint density at radius 3 is 2.42 bits per heavy atom. The lowest BCUT2D eigenvalue weighted by Gasteiger charge is -2.26. The monoisotopic (exact) mass is 491 g/mol. The van der Waals surface area contributed by atoms with E-state index >= 15 is 0 Å². The standard InChI is InChI=1S/C28H33N3O5/c1-35-24-8-5-21(6-9-24)27(32)30-26(28(33)34)18-20-3-4-23-19-25(10-7-22(23)17-20)36-16-2-13-31-14-11-29-12-15-31/h3-10,17,19,26,29H,2,11-16,18H2,1H3,(H,30,32)(H,33,34). The second-order valence-electron chi connectivity index (χ2n) is 8.93. The first kappa shape index (κ1) is 25.5. The second kappa shape index (κ2) is 12.4. The lowest BCUT2D eigenvalue weighted by Crippen LogP contribution is -2.43. The van der Waals surface area contributed by atoms with Crippen LogP contribution in [-0.4, -0.2) is 74.4 Å². The molecule has 8 nitrogen and oxygen atoms in total. The molecule has 36 heavy (non-hydrogen) atoms. The van der Waals surface area contributed by atoms with Gasteiger partial charge in [-0.3, -0.25) is 4.79 Å². The van der Waals surface area contributed by atoms with Crippen LogP contribution in [0.4, 0.5) is 0 Å². The van der Waals surface area contributed by atoms with E-state index in [-0.39, 0.29) is 6.42 Å². The molecule has 1 atom stereocenters. The number of fused-ring (bicyclic) bond motifs is 1. The normalized spacial score (nSPS) is 14.8. The van der Waals surface area contributed by atoms with Crippen molar-refractivity contribution in [3.8, 4) is 11.5 Å². The number of hydrogen-bond acceptors (Lipinski definition) is 6. The Labute approximate surface area is 211 Å². The van der Waals surface area contributed by atoms with Gasteiger partial charge in [0.05, 0.1) is 13.7 Å². The summed E-state index contributed by atoms with van der Waals surface area (Å²) in [5.41, 5.74) is 1.20. The van der Waals surface area contributed by atoms with Crippen LogP contribution in [0.15, 0.2) is 60.7 Å². The van der Waals surface area contributed by atoms with Crippen molar-refractivity contribution < 1.29 is 24.2 Å². The van der Waals surface area contributed by atoms with Gasteiger partial charge in [-0.15, -0.1) is 0 Å². The first-order valence-electron chi connectivity index (χ1n) is 12.3. The molecule has 1 heterocycles. The van der Waals surface area contributed by atoms with Gasteiger partial charge in [0.25, 0.3) is 5.91 Å². The molecule has 0 aliphatic carbocycles. The molecule has 1 aliphatic heterocycles. The van der Waals surface area contributed by atoms with Crippen LogP contribution in [0.2, 0.25) is 0 Å². The van der Waals surface area contributed by atoms with Gasteiger partial charge < -0.3 is 30.1 Å². The molecule has 0 bridgehead atoms. The molecule has 1 amide bonds. The zero-order valence-electron chi connectivity index (χ0n) is 20.5. The maximum Gasteiger partial charge on any atom is 0.326 e. The smallest absolute Gasteiger partial charge is 0.326 e. The number of carbonyl (C=O) groups excluding carboxylic acids is 1. The van der Waals surface area contributed by atoms with E-state index in [1.54, 1.807) is 31.4 Å². The highest BCUT2D eigenvalue weighted by atomic mass is 16.5. The molecule has 0 spiro atoms. The highest BCUT2D eigenvalue weighted by molar-refractivity contribution is 5.96. The largest absolute Gasteiger partial charge is 0.497 e. The van der Waals surface area contributed by atoms with Gasteiger partial charge in [-0.05, 0) is 59.2 Å². The molecule has 0 saturated carbocycles. The van der Waals surface area contributed by atoms with Crippen molar-refractivity contribution in [2.75, 3.05) is 46.4 Å². The van der Waals surface area contributed by atoms with Gasteiger partial charge in [-0.2, -0.15) is 0 Å². The van der Waals surface area contributed by atoms with Gasteiger partial charge in [0, 0.05) is 44.7 Å². The maximum absolute atomic E-state index is 12.6. The fraction of sp³-hybridized carbons (Fsp3) is 0.357. The summed E-state index contributed by atoms with van der Waals surface area (Å²) in [5, 5.41) is 17.7. The van der Waals surface area contributed by atoms with Crippen LogP contribution in [-0.2, 0) is 11.2 Å². The third-order valence-electron chi connectivity index (χ3n) is 6.37. The van der Waals surface area contributed by atoms with E-state index in [2.05, 4.69) is 15.5 Å². The van der Waals surface area contributed by atoms with Crippen LogP contribution in [0.5, 0.6) is 11.5 Å². The average molecular weight is 492 g/mol. The molecule has 3 aromatic carbocycles. The number of rotatable bonds is 11. The molecule has 4 rings (SSSR count). The molecule has 1 unspecified atom stereocenters. The summed E-state index contributed by atoms with van der Waals surface area (Å²) >= 11 is 0. The van der Waals surface area contributed by atoms with E-state index in [4.69, 9.17) is 9.47 Å². The number of methoxy groups -OCH3 is 1. The van der Waals surface area contributed by atoms with Crippen molar-refractivity contribution in [2.45, 2.75) is 18.9 Å². The van der Waals surface area contributed by atoms with Gasteiger partial charge in [-0.1, -0.05) is 24.3 Å². The summed E-state index contributed by atoms with van der Waals surface area (Å²) < 4.78 is 11.1. The lowest BCUT2D eigenvalue weighted by molar-refractivity contribution is -0.139. The number of benzene rings is 3. The topological polar surface area (TPSA) is 100 Å². The van der Waals surface area contributed by atoms with E-state index in [1.807, 2.05) is 36.4 Å². The maximum atomic E-state index is 12.6. The average Bonchev–Trinajstić information content (AvgIpc) is 2.91. The molecule has 1 saturated heterocycles. The number of piperazine rings is 1. The highest BCUT2D eigenvalue weighted by Gasteiger charge is 2.21. The van der Waals surface area contributed by atoms with Gasteiger partial charge in [-0.25, -0.2) is 4.79 Å². The number of carbonyl (C=O) groups is 2. The minimum absolute atomic E-state index is 0.178. The predicted octanol–water partition coefficient (Wildman–Crippen LogP) is 2.95. The van der Waals surface area contributed by atoms with Crippen LogP contribution >= 0.6 is 0 Å². The number of amides is 1.